The van der Waals surface area contributed by atoms with Crippen molar-refractivity contribution in [2.45, 2.75) is 19.4 Å². The Labute approximate surface area is 122 Å². The molecule has 2 heterocycles. The van der Waals surface area contributed by atoms with Gasteiger partial charge in [0.1, 0.15) is 6.07 Å². The lowest BCUT2D eigenvalue weighted by Gasteiger charge is -2.15. The standard InChI is InChI=1S/C14H14N4O2S/c1-9-2-3-12-11(6-9)14(13(7-15)18-17-12)16-10-4-5-21(19,20)8-10/h2-3,6,10H,4-5,8H2,1H3,(H,16,17). The summed E-state index contributed by atoms with van der Waals surface area (Å²) < 4.78 is 23.1. The predicted molar refractivity (Wildman–Crippen MR) is 79.7 cm³/mol. The molecule has 6 nitrogen and oxygen atoms in total. The van der Waals surface area contributed by atoms with E-state index in [4.69, 9.17) is 0 Å². The van der Waals surface area contributed by atoms with Gasteiger partial charge in [0.15, 0.2) is 15.5 Å². The van der Waals surface area contributed by atoms with E-state index >= 15 is 0 Å². The molecule has 108 valence electrons. The Morgan fingerprint density at radius 2 is 2.19 bits per heavy atom. The van der Waals surface area contributed by atoms with Crippen LogP contribution < -0.4 is 5.32 Å². The monoisotopic (exact) mass is 302 g/mol. The van der Waals surface area contributed by atoms with Crippen molar-refractivity contribution in [1.29, 1.82) is 5.26 Å². The molecular weight excluding hydrogens is 288 g/mol. The fraction of sp³-hybridized carbons (Fsp3) is 0.357. The molecular formula is C14H14N4O2S. The molecule has 0 spiro atoms. The number of nitriles is 1. The van der Waals surface area contributed by atoms with Crippen molar-refractivity contribution in [3.8, 4) is 6.07 Å². The van der Waals surface area contributed by atoms with Crippen molar-refractivity contribution in [2.24, 2.45) is 0 Å². The molecule has 1 aromatic heterocycles. The minimum atomic E-state index is -2.98. The van der Waals surface area contributed by atoms with Crippen LogP contribution in [0.15, 0.2) is 18.2 Å². The second kappa shape index (κ2) is 4.97. The molecule has 1 unspecified atom stereocenters. The van der Waals surface area contributed by atoms with Gasteiger partial charge in [-0.05, 0) is 25.5 Å². The molecule has 1 N–H and O–H groups in total. The van der Waals surface area contributed by atoms with Crippen molar-refractivity contribution < 1.29 is 8.42 Å². The first-order valence-electron chi connectivity index (χ1n) is 6.62. The summed E-state index contributed by atoms with van der Waals surface area (Å²) in [5.41, 5.74) is 2.50. The van der Waals surface area contributed by atoms with E-state index in [1.807, 2.05) is 31.2 Å². The first-order valence-corrected chi connectivity index (χ1v) is 8.45. The lowest BCUT2D eigenvalue weighted by atomic mass is 10.1. The molecule has 0 amide bonds. The Morgan fingerprint density at radius 3 is 2.86 bits per heavy atom. The molecule has 7 heteroatoms. The van der Waals surface area contributed by atoms with Gasteiger partial charge in [-0.15, -0.1) is 10.2 Å². The van der Waals surface area contributed by atoms with E-state index in [0.29, 0.717) is 17.6 Å². The highest BCUT2D eigenvalue weighted by atomic mass is 32.2. The molecule has 0 saturated carbocycles. The van der Waals surface area contributed by atoms with Crippen molar-refractivity contribution >= 4 is 26.4 Å². The van der Waals surface area contributed by atoms with Crippen LogP contribution in [0.4, 0.5) is 5.69 Å². The minimum Gasteiger partial charge on any atom is -0.378 e. The molecule has 1 atom stereocenters. The third kappa shape index (κ3) is 2.67. The molecule has 1 aliphatic heterocycles. The summed E-state index contributed by atoms with van der Waals surface area (Å²) in [6.07, 6.45) is 0.544. The molecule has 1 fully saturated rings. The summed E-state index contributed by atoms with van der Waals surface area (Å²) in [7, 11) is -2.98. The van der Waals surface area contributed by atoms with E-state index < -0.39 is 9.84 Å². The molecule has 1 aliphatic rings. The summed E-state index contributed by atoms with van der Waals surface area (Å²) in [5.74, 6) is 0.273. The second-order valence-corrected chi connectivity index (χ2v) is 7.53. The maximum Gasteiger partial charge on any atom is 0.186 e. The van der Waals surface area contributed by atoms with E-state index in [2.05, 4.69) is 15.5 Å². The van der Waals surface area contributed by atoms with Crippen molar-refractivity contribution in [3.05, 3.63) is 29.5 Å². The number of aryl methyl sites for hydroxylation is 1. The molecule has 1 saturated heterocycles. The molecule has 2 aromatic rings. The lowest BCUT2D eigenvalue weighted by Crippen LogP contribution is -2.21. The summed E-state index contributed by atoms with van der Waals surface area (Å²) in [6, 6.07) is 7.52. The number of aromatic nitrogens is 2. The number of nitrogens with one attached hydrogen (secondary N) is 1. The van der Waals surface area contributed by atoms with Crippen LogP contribution in [0.5, 0.6) is 0 Å². The van der Waals surface area contributed by atoms with Gasteiger partial charge in [0.2, 0.25) is 0 Å². The Balaban J connectivity index is 2.07. The SMILES string of the molecule is Cc1ccc2nnc(C#N)c(NC3CCS(=O)(=O)C3)c2c1. The maximum absolute atomic E-state index is 11.6. The van der Waals surface area contributed by atoms with Gasteiger partial charge in [0, 0.05) is 11.4 Å². The number of rotatable bonds is 2. The van der Waals surface area contributed by atoms with Crippen LogP contribution in [0.3, 0.4) is 0 Å². The molecule has 0 bridgehead atoms. The van der Waals surface area contributed by atoms with Gasteiger partial charge in [-0.2, -0.15) is 5.26 Å². The topological polar surface area (TPSA) is 95.7 Å². The highest BCUT2D eigenvalue weighted by Crippen LogP contribution is 2.27. The van der Waals surface area contributed by atoms with Gasteiger partial charge in [0.25, 0.3) is 0 Å². The molecule has 3 rings (SSSR count). The van der Waals surface area contributed by atoms with Crippen molar-refractivity contribution in [1.82, 2.24) is 10.2 Å². The van der Waals surface area contributed by atoms with E-state index in [9.17, 15) is 13.7 Å². The Kier molecular flexibility index (Phi) is 3.26. The highest BCUT2D eigenvalue weighted by Gasteiger charge is 2.28. The zero-order valence-electron chi connectivity index (χ0n) is 11.5. The molecule has 0 aliphatic carbocycles. The fourth-order valence-corrected chi connectivity index (χ4v) is 4.23. The van der Waals surface area contributed by atoms with Crippen LogP contribution in [0.25, 0.3) is 10.9 Å². The van der Waals surface area contributed by atoms with Crippen LogP contribution >= 0.6 is 0 Å². The van der Waals surface area contributed by atoms with E-state index in [1.54, 1.807) is 0 Å². The predicted octanol–water partition coefficient (Wildman–Crippen LogP) is 1.41. The van der Waals surface area contributed by atoms with Gasteiger partial charge in [0.05, 0.1) is 22.7 Å². The smallest absolute Gasteiger partial charge is 0.186 e. The largest absolute Gasteiger partial charge is 0.378 e. The lowest BCUT2D eigenvalue weighted by molar-refractivity contribution is 0.602. The summed E-state index contributed by atoms with van der Waals surface area (Å²) >= 11 is 0. The number of benzene rings is 1. The number of anilines is 1. The van der Waals surface area contributed by atoms with E-state index in [1.165, 1.54) is 0 Å². The quantitative estimate of drug-likeness (QED) is 0.901. The molecule has 0 radical (unpaired) electrons. The third-order valence-electron chi connectivity index (χ3n) is 3.60. The second-order valence-electron chi connectivity index (χ2n) is 5.30. The summed E-state index contributed by atoms with van der Waals surface area (Å²) in [6.45, 7) is 1.95. The Bertz CT molecular complexity index is 855. The number of fused-ring (bicyclic) bond motifs is 1. The number of nitrogens with zero attached hydrogens (tertiary/aromatic N) is 3. The van der Waals surface area contributed by atoms with E-state index in [-0.39, 0.29) is 23.2 Å². The van der Waals surface area contributed by atoms with Crippen LogP contribution in [0.1, 0.15) is 17.7 Å². The summed E-state index contributed by atoms with van der Waals surface area (Å²) in [4.78, 5) is 0. The van der Waals surface area contributed by atoms with Crippen LogP contribution in [-0.2, 0) is 9.84 Å². The number of hydrogen-bond acceptors (Lipinski definition) is 6. The maximum atomic E-state index is 11.6. The average molecular weight is 302 g/mol. The van der Waals surface area contributed by atoms with Gasteiger partial charge in [-0.1, -0.05) is 11.6 Å². The van der Waals surface area contributed by atoms with Gasteiger partial charge in [-0.25, -0.2) is 8.42 Å². The van der Waals surface area contributed by atoms with Crippen LogP contribution in [0.2, 0.25) is 0 Å². The first kappa shape index (κ1) is 13.8. The normalized spacial score (nSPS) is 20.3. The summed E-state index contributed by atoms with van der Waals surface area (Å²) in [5, 5.41) is 21.1. The Hall–Kier alpha value is -2.20. The average Bonchev–Trinajstić information content (AvgIpc) is 2.78. The van der Waals surface area contributed by atoms with Crippen LogP contribution in [0, 0.1) is 18.3 Å². The zero-order valence-corrected chi connectivity index (χ0v) is 12.3. The van der Waals surface area contributed by atoms with Crippen molar-refractivity contribution in [2.75, 3.05) is 16.8 Å². The number of hydrogen-bond donors (Lipinski definition) is 1. The number of sulfone groups is 1. The van der Waals surface area contributed by atoms with Crippen LogP contribution in [-0.4, -0.2) is 36.2 Å². The zero-order chi connectivity index (χ0) is 15.0. The van der Waals surface area contributed by atoms with Gasteiger partial charge >= 0.3 is 0 Å². The first-order chi connectivity index (χ1) is 9.98. The minimum absolute atomic E-state index is 0.0908. The van der Waals surface area contributed by atoms with E-state index in [0.717, 1.165) is 10.9 Å². The van der Waals surface area contributed by atoms with Crippen molar-refractivity contribution in [3.63, 3.8) is 0 Å². The van der Waals surface area contributed by atoms with Gasteiger partial charge in [-0.3, -0.25) is 0 Å². The fourth-order valence-electron chi connectivity index (χ4n) is 2.56. The third-order valence-corrected chi connectivity index (χ3v) is 5.37. The van der Waals surface area contributed by atoms with Gasteiger partial charge < -0.3 is 5.32 Å². The Morgan fingerprint density at radius 1 is 1.38 bits per heavy atom. The molecule has 1 aromatic carbocycles. The highest BCUT2D eigenvalue weighted by molar-refractivity contribution is 7.91. The molecule has 21 heavy (non-hydrogen) atoms.